The molecule has 0 aromatic heterocycles. The summed E-state index contributed by atoms with van der Waals surface area (Å²) in [6, 6.07) is 3.72. The van der Waals surface area contributed by atoms with Crippen molar-refractivity contribution in [1.82, 2.24) is 0 Å². The summed E-state index contributed by atoms with van der Waals surface area (Å²) in [4.78, 5) is 0. The Morgan fingerprint density at radius 1 is 1.55 bits per heavy atom. The van der Waals surface area contributed by atoms with E-state index < -0.39 is 5.60 Å². The summed E-state index contributed by atoms with van der Waals surface area (Å²) < 4.78 is 0. The molecule has 0 saturated heterocycles. The Morgan fingerprint density at radius 3 is 2.82 bits per heavy atom. The second-order valence-corrected chi connectivity index (χ2v) is 2.67. The van der Waals surface area contributed by atoms with Gasteiger partial charge in [-0.25, -0.2) is 0 Å². The molecule has 0 bridgehead atoms. The molecule has 1 atom stereocenters. The lowest BCUT2D eigenvalue weighted by Crippen LogP contribution is -2.26. The van der Waals surface area contributed by atoms with Gasteiger partial charge in [0.25, 0.3) is 0 Å². The largest absolute Gasteiger partial charge is 0.372 e. The van der Waals surface area contributed by atoms with E-state index in [1.54, 1.807) is 6.07 Å². The first-order chi connectivity index (χ1) is 5.20. The molecule has 0 aliphatic heterocycles. The first-order valence-corrected chi connectivity index (χ1v) is 3.46. The molecule has 0 radical (unpaired) electrons. The topological polar surface area (TPSA) is 67.8 Å². The number of aliphatic hydroxyl groups is 1. The molecule has 1 aliphatic carbocycles. The van der Waals surface area contributed by atoms with Gasteiger partial charge in [-0.1, -0.05) is 0 Å². The third kappa shape index (κ3) is 1.58. The first-order valence-electron chi connectivity index (χ1n) is 3.46. The Hall–Kier alpha value is -1.32. The average molecular weight is 148 g/mol. The van der Waals surface area contributed by atoms with Crippen LogP contribution in [-0.2, 0) is 0 Å². The van der Waals surface area contributed by atoms with Gasteiger partial charge >= 0.3 is 0 Å². The van der Waals surface area contributed by atoms with Gasteiger partial charge in [0.1, 0.15) is 6.07 Å². The van der Waals surface area contributed by atoms with Crippen LogP contribution in [-0.4, -0.2) is 10.7 Å². The summed E-state index contributed by atoms with van der Waals surface area (Å²) in [5.41, 5.74) is -0.871. The van der Waals surface area contributed by atoms with Crippen LogP contribution in [0.25, 0.3) is 0 Å². The highest BCUT2D eigenvalue weighted by Crippen LogP contribution is 2.25. The molecule has 0 fully saturated rings. The number of nitriles is 2. The van der Waals surface area contributed by atoms with Gasteiger partial charge in [-0.2, -0.15) is 10.5 Å². The van der Waals surface area contributed by atoms with E-state index >= 15 is 0 Å². The van der Waals surface area contributed by atoms with E-state index in [1.807, 2.05) is 6.07 Å². The smallest absolute Gasteiger partial charge is 0.170 e. The van der Waals surface area contributed by atoms with Gasteiger partial charge in [-0.3, -0.25) is 0 Å². The van der Waals surface area contributed by atoms with Crippen LogP contribution in [0.5, 0.6) is 0 Å². The lowest BCUT2D eigenvalue weighted by molar-refractivity contribution is 0.131. The molecule has 0 spiro atoms. The van der Waals surface area contributed by atoms with Crippen molar-refractivity contribution in [2.75, 3.05) is 0 Å². The maximum absolute atomic E-state index is 9.39. The monoisotopic (exact) mass is 148 g/mol. The minimum atomic E-state index is -1.39. The molecule has 3 heteroatoms. The number of nitrogens with zero attached hydrogens (tertiary/aromatic N) is 2. The van der Waals surface area contributed by atoms with Crippen molar-refractivity contribution in [2.45, 2.75) is 24.9 Å². The summed E-state index contributed by atoms with van der Waals surface area (Å²) in [6.07, 6.45) is 3.19. The summed E-state index contributed by atoms with van der Waals surface area (Å²) in [5.74, 6) is 0. The third-order valence-electron chi connectivity index (χ3n) is 1.75. The van der Waals surface area contributed by atoms with Crippen molar-refractivity contribution in [1.29, 1.82) is 10.5 Å². The fourth-order valence-corrected chi connectivity index (χ4v) is 1.16. The molecule has 0 aromatic rings. The molecule has 1 unspecified atom stereocenters. The average Bonchev–Trinajstić information content (AvgIpc) is 2.05. The Balaban J connectivity index is 2.90. The molecule has 0 heterocycles. The molecule has 56 valence electrons. The van der Waals surface area contributed by atoms with Crippen LogP contribution in [0, 0.1) is 22.7 Å². The second kappa shape index (κ2) is 2.74. The van der Waals surface area contributed by atoms with Crippen LogP contribution in [0.3, 0.4) is 0 Å². The highest BCUT2D eigenvalue weighted by Gasteiger charge is 2.27. The van der Waals surface area contributed by atoms with Gasteiger partial charge < -0.3 is 5.11 Å². The SMILES string of the molecule is N#CC1=CC(O)(C#N)CCC1. The summed E-state index contributed by atoms with van der Waals surface area (Å²) in [5, 5.41) is 26.4. The fraction of sp³-hybridized carbons (Fsp3) is 0.500. The lowest BCUT2D eigenvalue weighted by Gasteiger charge is -2.20. The zero-order chi connectivity index (χ0) is 8.32. The molecule has 0 amide bonds. The van der Waals surface area contributed by atoms with Crippen LogP contribution in [0.4, 0.5) is 0 Å². The van der Waals surface area contributed by atoms with Gasteiger partial charge in [0.2, 0.25) is 0 Å². The van der Waals surface area contributed by atoms with Crippen LogP contribution < -0.4 is 0 Å². The maximum Gasteiger partial charge on any atom is 0.170 e. The van der Waals surface area contributed by atoms with E-state index in [-0.39, 0.29) is 0 Å². The number of allylic oxidation sites excluding steroid dienone is 1. The molecule has 0 aromatic carbocycles. The highest BCUT2D eigenvalue weighted by atomic mass is 16.3. The van der Waals surface area contributed by atoms with Crippen molar-refractivity contribution >= 4 is 0 Å². The predicted molar refractivity (Wildman–Crippen MR) is 38.1 cm³/mol. The number of hydrogen-bond acceptors (Lipinski definition) is 3. The quantitative estimate of drug-likeness (QED) is 0.518. The van der Waals surface area contributed by atoms with Crippen molar-refractivity contribution < 1.29 is 5.11 Å². The van der Waals surface area contributed by atoms with E-state index in [2.05, 4.69) is 0 Å². The molecular formula is C8H8N2O. The fourth-order valence-electron chi connectivity index (χ4n) is 1.16. The highest BCUT2D eigenvalue weighted by molar-refractivity contribution is 5.31. The van der Waals surface area contributed by atoms with E-state index in [9.17, 15) is 5.11 Å². The Morgan fingerprint density at radius 2 is 2.27 bits per heavy atom. The third-order valence-corrected chi connectivity index (χ3v) is 1.75. The van der Waals surface area contributed by atoms with Crippen LogP contribution in [0.2, 0.25) is 0 Å². The predicted octanol–water partition coefficient (Wildman–Crippen LogP) is 0.875. The zero-order valence-corrected chi connectivity index (χ0v) is 6.04. The van der Waals surface area contributed by atoms with Crippen molar-refractivity contribution in [3.63, 3.8) is 0 Å². The maximum atomic E-state index is 9.39. The number of hydrogen-bond donors (Lipinski definition) is 1. The van der Waals surface area contributed by atoms with Crippen LogP contribution >= 0.6 is 0 Å². The Bertz CT molecular complexity index is 269. The standard InChI is InChI=1S/C8H8N2O/c9-5-7-2-1-3-8(11,4-7)6-10/h4,11H,1-3H2. The molecule has 0 saturated carbocycles. The molecule has 3 nitrogen and oxygen atoms in total. The summed E-state index contributed by atoms with van der Waals surface area (Å²) in [7, 11) is 0. The summed E-state index contributed by atoms with van der Waals surface area (Å²) in [6.45, 7) is 0. The van der Waals surface area contributed by atoms with E-state index in [1.165, 1.54) is 6.08 Å². The molecule has 1 N–H and O–H groups in total. The lowest BCUT2D eigenvalue weighted by atomic mass is 9.88. The Labute approximate surface area is 65.2 Å². The van der Waals surface area contributed by atoms with Crippen molar-refractivity contribution in [3.05, 3.63) is 11.6 Å². The van der Waals surface area contributed by atoms with Gasteiger partial charge in [0, 0.05) is 5.57 Å². The number of rotatable bonds is 0. The van der Waals surface area contributed by atoms with Crippen LogP contribution in [0.15, 0.2) is 11.6 Å². The van der Waals surface area contributed by atoms with Gasteiger partial charge in [-0.05, 0) is 25.3 Å². The minimum absolute atomic E-state index is 0.439. The molecule has 1 rings (SSSR count). The van der Waals surface area contributed by atoms with Gasteiger partial charge in [0.15, 0.2) is 5.60 Å². The summed E-state index contributed by atoms with van der Waals surface area (Å²) >= 11 is 0. The molecule has 1 aliphatic rings. The minimum Gasteiger partial charge on any atom is -0.372 e. The van der Waals surface area contributed by atoms with E-state index in [0.29, 0.717) is 24.8 Å². The van der Waals surface area contributed by atoms with Crippen molar-refractivity contribution in [2.24, 2.45) is 0 Å². The Kier molecular flexibility index (Phi) is 1.94. The second-order valence-electron chi connectivity index (χ2n) is 2.67. The molecule has 11 heavy (non-hydrogen) atoms. The van der Waals surface area contributed by atoms with Gasteiger partial charge in [-0.15, -0.1) is 0 Å². The molecular weight excluding hydrogens is 140 g/mol. The van der Waals surface area contributed by atoms with E-state index in [0.717, 1.165) is 0 Å². The van der Waals surface area contributed by atoms with Crippen molar-refractivity contribution in [3.8, 4) is 12.1 Å². The zero-order valence-electron chi connectivity index (χ0n) is 6.04. The van der Waals surface area contributed by atoms with Crippen LogP contribution in [0.1, 0.15) is 19.3 Å². The van der Waals surface area contributed by atoms with Gasteiger partial charge in [0.05, 0.1) is 6.07 Å². The first kappa shape index (κ1) is 7.78. The normalized spacial score (nSPS) is 29.9. The van der Waals surface area contributed by atoms with E-state index in [4.69, 9.17) is 10.5 Å².